The molecule has 0 atom stereocenters. The molecule has 0 bridgehead atoms. The highest BCUT2D eigenvalue weighted by molar-refractivity contribution is 6.00. The molecule has 0 amide bonds. The van der Waals surface area contributed by atoms with Crippen molar-refractivity contribution in [3.63, 3.8) is 0 Å². The van der Waals surface area contributed by atoms with Crippen molar-refractivity contribution in [2.24, 2.45) is 5.10 Å². The van der Waals surface area contributed by atoms with E-state index in [1.807, 2.05) is 6.92 Å². The van der Waals surface area contributed by atoms with Gasteiger partial charge in [0.1, 0.15) is 5.75 Å². The van der Waals surface area contributed by atoms with Crippen molar-refractivity contribution in [3.05, 3.63) is 64.2 Å². The summed E-state index contributed by atoms with van der Waals surface area (Å²) in [6, 6.07) is 12.8. The van der Waals surface area contributed by atoms with Gasteiger partial charge in [0.2, 0.25) is 0 Å². The summed E-state index contributed by atoms with van der Waals surface area (Å²) in [5, 5.41) is 24.2. The Balaban J connectivity index is 2.13. The number of nitro benzene ring substituents is 1. The molecule has 0 saturated heterocycles. The van der Waals surface area contributed by atoms with Crippen LogP contribution in [0.5, 0.6) is 5.75 Å². The van der Waals surface area contributed by atoms with Crippen LogP contribution >= 0.6 is 0 Å². The summed E-state index contributed by atoms with van der Waals surface area (Å²) in [5.74, 6) is 0.206. The largest absolute Gasteiger partial charge is 0.508 e. The smallest absolute Gasteiger partial charge is 0.269 e. The zero-order valence-electron chi connectivity index (χ0n) is 11.5. The number of aromatic hydroxyl groups is 1. The molecule has 0 aliphatic rings. The Bertz CT molecular complexity index is 649. The fraction of sp³-hybridized carbons (Fsp3) is 0.133. The molecule has 0 spiro atoms. The molecule has 6 nitrogen and oxygen atoms in total. The summed E-state index contributed by atoms with van der Waals surface area (Å²) in [7, 11) is 0. The lowest BCUT2D eigenvalue weighted by Gasteiger charge is -2.06. The summed E-state index contributed by atoms with van der Waals surface area (Å²) in [6.07, 6.45) is 0.713. The predicted molar refractivity (Wildman–Crippen MR) is 81.7 cm³/mol. The minimum absolute atomic E-state index is 0.0405. The zero-order chi connectivity index (χ0) is 15.2. The first-order valence-corrected chi connectivity index (χ1v) is 6.46. The van der Waals surface area contributed by atoms with Crippen LogP contribution in [0.4, 0.5) is 11.4 Å². The zero-order valence-corrected chi connectivity index (χ0v) is 11.5. The average Bonchev–Trinajstić information content (AvgIpc) is 2.50. The molecule has 108 valence electrons. The molecule has 0 radical (unpaired) electrons. The van der Waals surface area contributed by atoms with Crippen molar-refractivity contribution in [3.8, 4) is 5.75 Å². The van der Waals surface area contributed by atoms with Crippen molar-refractivity contribution in [1.82, 2.24) is 0 Å². The molecule has 0 aliphatic carbocycles. The average molecular weight is 285 g/mol. The monoisotopic (exact) mass is 285 g/mol. The third kappa shape index (κ3) is 3.79. The molecular formula is C15H15N3O3. The van der Waals surface area contributed by atoms with Crippen LogP contribution in [-0.2, 0) is 0 Å². The van der Waals surface area contributed by atoms with Crippen LogP contribution in [0.15, 0.2) is 53.6 Å². The summed E-state index contributed by atoms with van der Waals surface area (Å²) in [5.41, 5.74) is 5.32. The van der Waals surface area contributed by atoms with Gasteiger partial charge in [-0.3, -0.25) is 15.5 Å². The molecule has 0 fully saturated rings. The van der Waals surface area contributed by atoms with Crippen molar-refractivity contribution in [2.45, 2.75) is 13.3 Å². The number of hydrogen-bond acceptors (Lipinski definition) is 5. The maximum absolute atomic E-state index is 10.6. The first-order valence-electron chi connectivity index (χ1n) is 6.46. The Hall–Kier alpha value is -2.89. The molecule has 21 heavy (non-hydrogen) atoms. The number of anilines is 1. The molecular weight excluding hydrogens is 270 g/mol. The van der Waals surface area contributed by atoms with Gasteiger partial charge in [-0.1, -0.05) is 6.92 Å². The minimum atomic E-state index is -0.443. The molecule has 0 saturated carbocycles. The lowest BCUT2D eigenvalue weighted by atomic mass is 10.1. The van der Waals surface area contributed by atoms with E-state index in [1.165, 1.54) is 12.1 Å². The molecule has 2 rings (SSSR count). The fourth-order valence-electron chi connectivity index (χ4n) is 1.79. The van der Waals surface area contributed by atoms with Gasteiger partial charge >= 0.3 is 0 Å². The second-order valence-electron chi connectivity index (χ2n) is 4.37. The van der Waals surface area contributed by atoms with E-state index >= 15 is 0 Å². The molecule has 0 aliphatic heterocycles. The first-order chi connectivity index (χ1) is 10.1. The van der Waals surface area contributed by atoms with Gasteiger partial charge in [0.25, 0.3) is 5.69 Å². The number of benzene rings is 2. The topological polar surface area (TPSA) is 87.8 Å². The Morgan fingerprint density at radius 1 is 1.19 bits per heavy atom. The van der Waals surface area contributed by atoms with E-state index in [1.54, 1.807) is 36.4 Å². The number of nitrogens with zero attached hydrogens (tertiary/aromatic N) is 2. The minimum Gasteiger partial charge on any atom is -0.508 e. The second-order valence-corrected chi connectivity index (χ2v) is 4.37. The van der Waals surface area contributed by atoms with E-state index in [-0.39, 0.29) is 11.4 Å². The highest BCUT2D eigenvalue weighted by Gasteiger charge is 2.04. The van der Waals surface area contributed by atoms with Gasteiger partial charge in [0.05, 0.1) is 16.3 Å². The molecule has 0 heterocycles. The van der Waals surface area contributed by atoms with Crippen molar-refractivity contribution in [1.29, 1.82) is 0 Å². The lowest BCUT2D eigenvalue weighted by Crippen LogP contribution is -2.03. The number of hydrogen-bond donors (Lipinski definition) is 2. The number of non-ortho nitro benzene ring substituents is 1. The van der Waals surface area contributed by atoms with Crippen LogP contribution in [-0.4, -0.2) is 15.7 Å². The van der Waals surface area contributed by atoms with E-state index in [2.05, 4.69) is 10.5 Å². The third-order valence-electron chi connectivity index (χ3n) is 2.93. The number of nitro groups is 1. The normalized spacial score (nSPS) is 11.2. The second kappa shape index (κ2) is 6.51. The van der Waals surface area contributed by atoms with E-state index in [9.17, 15) is 15.2 Å². The highest BCUT2D eigenvalue weighted by atomic mass is 16.6. The van der Waals surface area contributed by atoms with Crippen molar-refractivity contribution >= 4 is 17.1 Å². The number of hydrazone groups is 1. The van der Waals surface area contributed by atoms with Crippen LogP contribution in [0.25, 0.3) is 0 Å². The van der Waals surface area contributed by atoms with E-state index < -0.39 is 4.92 Å². The van der Waals surface area contributed by atoms with Gasteiger partial charge < -0.3 is 5.11 Å². The summed E-state index contributed by atoms with van der Waals surface area (Å²) >= 11 is 0. The predicted octanol–water partition coefficient (Wildman–Crippen LogP) is 3.53. The van der Waals surface area contributed by atoms with Gasteiger partial charge in [-0.05, 0) is 48.4 Å². The molecule has 2 aromatic rings. The van der Waals surface area contributed by atoms with Gasteiger partial charge in [0, 0.05) is 12.1 Å². The molecule has 6 heteroatoms. The molecule has 0 aromatic heterocycles. The van der Waals surface area contributed by atoms with Crippen LogP contribution in [0.3, 0.4) is 0 Å². The fourth-order valence-corrected chi connectivity index (χ4v) is 1.79. The third-order valence-corrected chi connectivity index (χ3v) is 2.93. The van der Waals surface area contributed by atoms with E-state index in [0.29, 0.717) is 12.1 Å². The number of phenolic OH excluding ortho intramolecular Hbond substituents is 1. The van der Waals surface area contributed by atoms with Crippen LogP contribution < -0.4 is 5.43 Å². The van der Waals surface area contributed by atoms with Crippen LogP contribution in [0.2, 0.25) is 0 Å². The molecule has 0 unspecified atom stereocenters. The van der Waals surface area contributed by atoms with Crippen molar-refractivity contribution < 1.29 is 10.0 Å². The summed E-state index contributed by atoms with van der Waals surface area (Å²) < 4.78 is 0. The van der Waals surface area contributed by atoms with Crippen LogP contribution in [0.1, 0.15) is 18.9 Å². The SMILES string of the molecule is CC/C(=N/Nc1ccc([N+](=O)[O-])cc1)c1ccc(O)cc1. The molecule has 2 aromatic carbocycles. The van der Waals surface area contributed by atoms with Gasteiger partial charge in [0.15, 0.2) is 0 Å². The Morgan fingerprint density at radius 3 is 2.33 bits per heavy atom. The summed E-state index contributed by atoms with van der Waals surface area (Å²) in [4.78, 5) is 10.1. The number of rotatable bonds is 5. The quantitative estimate of drug-likeness (QED) is 0.499. The molecule has 2 N–H and O–H groups in total. The maximum atomic E-state index is 10.6. The van der Waals surface area contributed by atoms with E-state index in [4.69, 9.17) is 0 Å². The maximum Gasteiger partial charge on any atom is 0.269 e. The Morgan fingerprint density at radius 2 is 1.81 bits per heavy atom. The Kier molecular flexibility index (Phi) is 4.50. The highest BCUT2D eigenvalue weighted by Crippen LogP contribution is 2.16. The standard InChI is InChI=1S/C15H15N3O3/c1-2-15(11-3-9-14(19)10-4-11)17-16-12-5-7-13(8-6-12)18(20)21/h3-10,16,19H,2H2,1H3/b17-15-. The van der Waals surface area contributed by atoms with Gasteiger partial charge in [-0.25, -0.2) is 0 Å². The van der Waals surface area contributed by atoms with Gasteiger partial charge in [-0.2, -0.15) is 5.10 Å². The lowest BCUT2D eigenvalue weighted by molar-refractivity contribution is -0.384. The number of phenols is 1. The first kappa shape index (κ1) is 14.5. The van der Waals surface area contributed by atoms with E-state index in [0.717, 1.165) is 11.3 Å². The summed E-state index contributed by atoms with van der Waals surface area (Å²) in [6.45, 7) is 1.98. The number of nitrogens with one attached hydrogen (secondary N) is 1. The van der Waals surface area contributed by atoms with Crippen LogP contribution in [0, 0.1) is 10.1 Å². The Labute approximate surface area is 121 Å². The van der Waals surface area contributed by atoms with Gasteiger partial charge in [-0.15, -0.1) is 0 Å². The van der Waals surface area contributed by atoms with Crippen molar-refractivity contribution in [2.75, 3.05) is 5.43 Å².